The zero-order valence-corrected chi connectivity index (χ0v) is 46.2. The van der Waals surface area contributed by atoms with E-state index < -0.39 is 67.3 Å². The van der Waals surface area contributed by atoms with Gasteiger partial charge in [0.05, 0.1) is 13.0 Å². The number of carboxylic acids is 1. The van der Waals surface area contributed by atoms with Gasteiger partial charge in [-0.25, -0.2) is 4.79 Å². The summed E-state index contributed by atoms with van der Waals surface area (Å²) in [5, 5.41) is 31.4. The minimum atomic E-state index is -1.95. The minimum absolute atomic E-state index is 0.126. The number of esters is 3. The number of allylic oxidation sites excluding steroid dienone is 19. The van der Waals surface area contributed by atoms with E-state index in [9.17, 15) is 34.5 Å². The lowest BCUT2D eigenvalue weighted by Gasteiger charge is -2.40. The average molecular weight is 1050 g/mol. The monoisotopic (exact) mass is 1050 g/mol. The van der Waals surface area contributed by atoms with Gasteiger partial charge < -0.3 is 39.0 Å². The predicted molar refractivity (Wildman–Crippen MR) is 303 cm³/mol. The Labute approximate surface area is 452 Å². The number of hydrogen-bond donors (Lipinski definition) is 3. The summed E-state index contributed by atoms with van der Waals surface area (Å²) in [6, 6.07) is 0. The van der Waals surface area contributed by atoms with Crippen molar-refractivity contribution in [2.45, 2.75) is 237 Å². The SMILES string of the molecule is CC/C=C\C/C=C\C/C=C\C/C=C\C/C=C\CCCC(=O)OCC(COC1OC(C(=O)O)C(O)C(O)C1OC(=O)C/C=C\C/C=C\C/C=C\C/C=C\C/C=C\CC)OC(=O)CCCCCCCCCCCCCCC. The average Bonchev–Trinajstić information content (AvgIpc) is 3.39. The van der Waals surface area contributed by atoms with Crippen LogP contribution < -0.4 is 0 Å². The summed E-state index contributed by atoms with van der Waals surface area (Å²) in [5.74, 6) is -3.37. The Balaban J connectivity index is 2.80. The molecule has 3 N–H and O–H groups in total. The number of ether oxygens (including phenoxy) is 5. The Morgan fingerprint density at radius 3 is 1.33 bits per heavy atom. The number of carbonyl (C=O) groups excluding carboxylic acids is 3. The fourth-order valence-corrected chi connectivity index (χ4v) is 7.77. The number of aliphatic carboxylic acids is 1. The molecule has 0 aromatic carbocycles. The molecule has 422 valence electrons. The zero-order chi connectivity index (χ0) is 54.7. The van der Waals surface area contributed by atoms with Crippen LogP contribution in [0.2, 0.25) is 0 Å². The van der Waals surface area contributed by atoms with Crippen LogP contribution >= 0.6 is 0 Å². The summed E-state index contributed by atoms with van der Waals surface area (Å²) in [4.78, 5) is 51.0. The van der Waals surface area contributed by atoms with Crippen LogP contribution in [0.5, 0.6) is 0 Å². The molecule has 0 aromatic heterocycles. The maximum absolute atomic E-state index is 13.1. The summed E-state index contributed by atoms with van der Waals surface area (Å²) in [6.07, 6.45) is 56.3. The first kappa shape index (κ1) is 68.1. The van der Waals surface area contributed by atoms with Crippen molar-refractivity contribution in [3.8, 4) is 0 Å². The van der Waals surface area contributed by atoms with Gasteiger partial charge in [-0.2, -0.15) is 0 Å². The van der Waals surface area contributed by atoms with Crippen LogP contribution in [0.1, 0.15) is 201 Å². The molecule has 0 aliphatic carbocycles. The normalized spacial score (nSPS) is 19.1. The van der Waals surface area contributed by atoms with Gasteiger partial charge in [0.15, 0.2) is 24.6 Å². The summed E-state index contributed by atoms with van der Waals surface area (Å²) >= 11 is 0. The van der Waals surface area contributed by atoms with Gasteiger partial charge in [0.1, 0.15) is 18.8 Å². The molecule has 12 nitrogen and oxygen atoms in total. The fraction of sp³-hybridized carbons (Fsp3) is 0.619. The fourth-order valence-electron chi connectivity index (χ4n) is 7.77. The van der Waals surface area contributed by atoms with Crippen LogP contribution in [0, 0.1) is 0 Å². The van der Waals surface area contributed by atoms with Crippen LogP contribution in [0.4, 0.5) is 0 Å². The van der Waals surface area contributed by atoms with E-state index in [-0.39, 0.29) is 25.9 Å². The molecule has 0 amide bonds. The Hall–Kier alpha value is -4.88. The highest BCUT2D eigenvalue weighted by Crippen LogP contribution is 2.26. The van der Waals surface area contributed by atoms with Gasteiger partial charge in [-0.05, 0) is 83.5 Å². The number of aliphatic hydroxyl groups excluding tert-OH is 2. The highest BCUT2D eigenvalue weighted by atomic mass is 16.7. The second kappa shape index (κ2) is 50.0. The summed E-state index contributed by atoms with van der Waals surface area (Å²) in [5.41, 5.74) is 0. The standard InChI is InChI=1S/C63H98O12/c1-4-7-10-13-16-19-22-25-27-28-30-32-34-37-40-43-46-49-55(64)71-52-54(73-56(65)50-47-44-41-38-35-31-24-21-18-15-12-9-6-3)53-72-63-61(59(68)58(67)60(75-63)62(69)70)74-57(66)51-48-45-42-39-36-33-29-26-23-20-17-14-11-8-5-2/h7-8,10-11,16-17,19-20,25-27,29-30,32,36-37,39-40,45,48,54,58-61,63,67-68H,4-6,9,12-15,18,21-24,28,31,33-35,38,41-44,46-47,49-53H2,1-3H3,(H,69,70)/b10-7-,11-8-,19-16-,20-17-,27-25-,29-26-,32-30-,39-36-,40-37-,48-45-. The van der Waals surface area contributed by atoms with Gasteiger partial charge in [-0.3, -0.25) is 14.4 Å². The van der Waals surface area contributed by atoms with Gasteiger partial charge in [-0.1, -0.05) is 219 Å². The van der Waals surface area contributed by atoms with Gasteiger partial charge in [0, 0.05) is 12.8 Å². The number of carbonyl (C=O) groups is 4. The van der Waals surface area contributed by atoms with E-state index in [0.717, 1.165) is 77.0 Å². The molecule has 0 radical (unpaired) electrons. The molecule has 1 aliphatic heterocycles. The number of hydrogen-bond acceptors (Lipinski definition) is 11. The molecule has 1 rings (SSSR count). The molecular formula is C63H98O12. The third-order valence-electron chi connectivity index (χ3n) is 12.1. The lowest BCUT2D eigenvalue weighted by atomic mass is 9.98. The summed E-state index contributed by atoms with van der Waals surface area (Å²) in [7, 11) is 0. The van der Waals surface area contributed by atoms with Crippen LogP contribution in [0.25, 0.3) is 0 Å². The molecule has 0 spiro atoms. The minimum Gasteiger partial charge on any atom is -0.479 e. The van der Waals surface area contributed by atoms with Crippen LogP contribution in [0.15, 0.2) is 122 Å². The Morgan fingerprint density at radius 2 is 0.880 bits per heavy atom. The Kier molecular flexibility index (Phi) is 45.4. The predicted octanol–water partition coefficient (Wildman–Crippen LogP) is 14.4. The number of unbranched alkanes of at least 4 members (excludes halogenated alkanes) is 13. The first-order chi connectivity index (χ1) is 36.6. The second-order valence-corrected chi connectivity index (χ2v) is 18.8. The Bertz CT molecular complexity index is 1770. The molecule has 6 atom stereocenters. The highest BCUT2D eigenvalue weighted by molar-refractivity contribution is 5.74. The largest absolute Gasteiger partial charge is 0.479 e. The van der Waals surface area contributed by atoms with E-state index in [1.165, 1.54) is 57.8 Å². The van der Waals surface area contributed by atoms with Crippen molar-refractivity contribution < 1.29 is 58.2 Å². The van der Waals surface area contributed by atoms with Crippen LogP contribution in [0.3, 0.4) is 0 Å². The topological polar surface area (TPSA) is 175 Å². The molecular weight excluding hydrogens is 949 g/mol. The first-order valence-corrected chi connectivity index (χ1v) is 28.5. The molecule has 1 aliphatic rings. The maximum atomic E-state index is 13.1. The Morgan fingerprint density at radius 1 is 0.467 bits per heavy atom. The van der Waals surface area contributed by atoms with Gasteiger partial charge in [0.25, 0.3) is 0 Å². The smallest absolute Gasteiger partial charge is 0.335 e. The van der Waals surface area contributed by atoms with E-state index in [4.69, 9.17) is 23.7 Å². The molecule has 1 saturated heterocycles. The van der Waals surface area contributed by atoms with Crippen molar-refractivity contribution in [2.75, 3.05) is 13.2 Å². The van der Waals surface area contributed by atoms with E-state index >= 15 is 0 Å². The maximum Gasteiger partial charge on any atom is 0.335 e. The lowest BCUT2D eigenvalue weighted by molar-refractivity contribution is -0.301. The van der Waals surface area contributed by atoms with Crippen LogP contribution in [-0.4, -0.2) is 89.2 Å². The summed E-state index contributed by atoms with van der Waals surface area (Å²) < 4.78 is 28.2. The van der Waals surface area contributed by atoms with Gasteiger partial charge >= 0.3 is 23.9 Å². The van der Waals surface area contributed by atoms with E-state index in [2.05, 4.69) is 112 Å². The molecule has 1 fully saturated rings. The molecule has 0 saturated carbocycles. The van der Waals surface area contributed by atoms with Crippen molar-refractivity contribution in [1.82, 2.24) is 0 Å². The second-order valence-electron chi connectivity index (χ2n) is 18.8. The molecule has 12 heteroatoms. The number of rotatable bonds is 46. The number of carboxylic acid groups (broad SMARTS) is 1. The molecule has 75 heavy (non-hydrogen) atoms. The number of aliphatic hydroxyl groups is 2. The van der Waals surface area contributed by atoms with Crippen molar-refractivity contribution in [1.29, 1.82) is 0 Å². The summed E-state index contributed by atoms with van der Waals surface area (Å²) in [6.45, 7) is 5.65. The quantitative estimate of drug-likeness (QED) is 0.0228. The molecule has 0 aromatic rings. The van der Waals surface area contributed by atoms with Crippen molar-refractivity contribution >= 4 is 23.9 Å². The van der Waals surface area contributed by atoms with E-state index in [1.54, 1.807) is 12.2 Å². The molecule has 0 bridgehead atoms. The highest BCUT2D eigenvalue weighted by Gasteiger charge is 2.50. The third-order valence-corrected chi connectivity index (χ3v) is 12.1. The molecule has 1 heterocycles. The molecule has 6 unspecified atom stereocenters. The van der Waals surface area contributed by atoms with Crippen molar-refractivity contribution in [3.63, 3.8) is 0 Å². The zero-order valence-electron chi connectivity index (χ0n) is 46.2. The van der Waals surface area contributed by atoms with Gasteiger partial charge in [-0.15, -0.1) is 0 Å². The van der Waals surface area contributed by atoms with E-state index in [0.29, 0.717) is 25.7 Å². The van der Waals surface area contributed by atoms with Crippen LogP contribution in [-0.2, 0) is 42.9 Å². The van der Waals surface area contributed by atoms with E-state index in [1.807, 2.05) is 18.2 Å². The van der Waals surface area contributed by atoms with Crippen molar-refractivity contribution in [3.05, 3.63) is 122 Å². The van der Waals surface area contributed by atoms with Gasteiger partial charge in [0.2, 0.25) is 0 Å². The lowest BCUT2D eigenvalue weighted by Crippen LogP contribution is -2.61. The first-order valence-electron chi connectivity index (χ1n) is 28.5. The third kappa shape index (κ3) is 40.1. The van der Waals surface area contributed by atoms with Crippen molar-refractivity contribution in [2.24, 2.45) is 0 Å².